The molecular formula is C13H16N4. The van der Waals surface area contributed by atoms with Crippen molar-refractivity contribution in [2.45, 2.75) is 13.5 Å². The van der Waals surface area contributed by atoms with Gasteiger partial charge in [0.15, 0.2) is 0 Å². The smallest absolute Gasteiger partial charge is 0.229 e. The van der Waals surface area contributed by atoms with Gasteiger partial charge in [0, 0.05) is 31.7 Å². The molecule has 0 bridgehead atoms. The van der Waals surface area contributed by atoms with Crippen LogP contribution in [0.5, 0.6) is 0 Å². The van der Waals surface area contributed by atoms with Gasteiger partial charge in [0.25, 0.3) is 0 Å². The number of aryl methyl sites for hydroxylation is 1. The predicted molar refractivity (Wildman–Crippen MR) is 69.2 cm³/mol. The molecule has 0 saturated heterocycles. The summed E-state index contributed by atoms with van der Waals surface area (Å²) in [7, 11) is 1.95. The Kier molecular flexibility index (Phi) is 3.35. The molecule has 0 radical (unpaired) electrons. The maximum absolute atomic E-state index is 5.57. The molecule has 2 N–H and O–H groups in total. The van der Waals surface area contributed by atoms with Crippen molar-refractivity contribution in [3.63, 3.8) is 0 Å². The lowest BCUT2D eigenvalue weighted by Gasteiger charge is -2.17. The molecule has 4 nitrogen and oxygen atoms in total. The third-order valence-electron chi connectivity index (χ3n) is 2.63. The first-order valence-corrected chi connectivity index (χ1v) is 5.52. The van der Waals surface area contributed by atoms with E-state index in [1.807, 2.05) is 55.5 Å². The van der Waals surface area contributed by atoms with Crippen LogP contribution < -0.4 is 10.6 Å². The number of nitrogens with zero attached hydrogens (tertiary/aromatic N) is 3. The number of hydrogen-bond donors (Lipinski definition) is 1. The quantitative estimate of drug-likeness (QED) is 0.873. The van der Waals surface area contributed by atoms with Crippen LogP contribution >= 0.6 is 0 Å². The molecule has 0 aliphatic carbocycles. The molecule has 88 valence electrons. The van der Waals surface area contributed by atoms with E-state index in [1.165, 1.54) is 0 Å². The van der Waals surface area contributed by atoms with Crippen LogP contribution in [-0.2, 0) is 6.54 Å². The van der Waals surface area contributed by atoms with Gasteiger partial charge in [0.1, 0.15) is 0 Å². The zero-order valence-electron chi connectivity index (χ0n) is 10.1. The normalized spacial score (nSPS) is 10.3. The predicted octanol–water partition coefficient (Wildman–Crippen LogP) is 2.01. The van der Waals surface area contributed by atoms with Crippen LogP contribution in [-0.4, -0.2) is 17.0 Å². The van der Waals surface area contributed by atoms with Crippen molar-refractivity contribution in [3.05, 3.63) is 47.8 Å². The number of nitrogens with two attached hydrogens (primary N) is 1. The van der Waals surface area contributed by atoms with E-state index >= 15 is 0 Å². The number of rotatable bonds is 3. The highest BCUT2D eigenvalue weighted by molar-refractivity contribution is 5.56. The minimum atomic E-state index is 0.561. The van der Waals surface area contributed by atoms with Gasteiger partial charge in [-0.05, 0) is 30.2 Å². The molecule has 1 aromatic heterocycles. The minimum Gasteiger partial charge on any atom is -0.326 e. The van der Waals surface area contributed by atoms with Crippen LogP contribution in [0.3, 0.4) is 0 Å². The van der Waals surface area contributed by atoms with Crippen LogP contribution in [0.2, 0.25) is 0 Å². The molecule has 0 aliphatic heterocycles. The van der Waals surface area contributed by atoms with Crippen LogP contribution in [0.4, 0.5) is 11.6 Å². The highest BCUT2D eigenvalue weighted by Crippen LogP contribution is 2.19. The number of hydrogen-bond acceptors (Lipinski definition) is 4. The summed E-state index contributed by atoms with van der Waals surface area (Å²) in [4.78, 5) is 10.5. The molecule has 2 rings (SSSR count). The van der Waals surface area contributed by atoms with E-state index in [1.54, 1.807) is 0 Å². The van der Waals surface area contributed by atoms with Gasteiger partial charge < -0.3 is 10.6 Å². The Morgan fingerprint density at radius 2 is 1.71 bits per heavy atom. The summed E-state index contributed by atoms with van der Waals surface area (Å²) in [6, 6.07) is 8.07. The Bertz CT molecular complexity index is 476. The van der Waals surface area contributed by atoms with Gasteiger partial charge in [-0.25, -0.2) is 9.97 Å². The molecule has 1 aromatic carbocycles. The van der Waals surface area contributed by atoms with Gasteiger partial charge in [-0.1, -0.05) is 12.1 Å². The molecular weight excluding hydrogens is 212 g/mol. The fourth-order valence-electron chi connectivity index (χ4n) is 1.53. The van der Waals surface area contributed by atoms with Gasteiger partial charge in [-0.2, -0.15) is 0 Å². The lowest BCUT2D eigenvalue weighted by Crippen LogP contribution is -2.13. The summed E-state index contributed by atoms with van der Waals surface area (Å²) in [5.74, 6) is 0.691. The van der Waals surface area contributed by atoms with E-state index in [4.69, 9.17) is 5.73 Å². The van der Waals surface area contributed by atoms with Crippen LogP contribution in [0.15, 0.2) is 36.7 Å². The second-order valence-corrected chi connectivity index (χ2v) is 3.99. The lowest BCUT2D eigenvalue weighted by atomic mass is 10.2. The maximum Gasteiger partial charge on any atom is 0.229 e. The highest BCUT2D eigenvalue weighted by Gasteiger charge is 2.05. The van der Waals surface area contributed by atoms with E-state index < -0.39 is 0 Å². The molecule has 0 aliphatic rings. The standard InChI is InChI=1S/C13H16N4/c1-10-8-15-13(16-9-10)17(2)12-5-3-11(7-14)4-6-12/h3-6,8-9H,7,14H2,1-2H3. The summed E-state index contributed by atoms with van der Waals surface area (Å²) >= 11 is 0. The summed E-state index contributed by atoms with van der Waals surface area (Å²) in [6.45, 7) is 2.53. The molecule has 4 heteroatoms. The average molecular weight is 228 g/mol. The number of benzene rings is 1. The van der Waals surface area contributed by atoms with Crippen LogP contribution in [0.1, 0.15) is 11.1 Å². The Labute approximate surface area is 101 Å². The zero-order chi connectivity index (χ0) is 12.3. The largest absolute Gasteiger partial charge is 0.326 e. The van der Waals surface area contributed by atoms with Crippen LogP contribution in [0, 0.1) is 6.92 Å². The fourth-order valence-corrected chi connectivity index (χ4v) is 1.53. The monoisotopic (exact) mass is 228 g/mol. The van der Waals surface area contributed by atoms with Crippen molar-refractivity contribution < 1.29 is 0 Å². The van der Waals surface area contributed by atoms with E-state index in [0.29, 0.717) is 12.5 Å². The summed E-state index contributed by atoms with van der Waals surface area (Å²) in [5, 5.41) is 0. The summed E-state index contributed by atoms with van der Waals surface area (Å²) in [6.07, 6.45) is 3.63. The molecule has 0 unspecified atom stereocenters. The first-order valence-electron chi connectivity index (χ1n) is 5.52. The Balaban J connectivity index is 2.23. The van der Waals surface area contributed by atoms with Gasteiger partial charge in [0.2, 0.25) is 5.95 Å². The van der Waals surface area contributed by atoms with Gasteiger partial charge in [0.05, 0.1) is 0 Å². The first-order chi connectivity index (χ1) is 8.20. The van der Waals surface area contributed by atoms with Gasteiger partial charge in [-0.3, -0.25) is 0 Å². The average Bonchev–Trinajstić information content (AvgIpc) is 2.39. The van der Waals surface area contributed by atoms with Crippen molar-refractivity contribution >= 4 is 11.6 Å². The SMILES string of the molecule is Cc1cnc(N(C)c2ccc(CN)cc2)nc1. The van der Waals surface area contributed by atoms with Gasteiger partial charge >= 0.3 is 0 Å². The van der Waals surface area contributed by atoms with Crippen molar-refractivity contribution in [2.75, 3.05) is 11.9 Å². The van der Waals surface area contributed by atoms with E-state index in [2.05, 4.69) is 9.97 Å². The first kappa shape index (κ1) is 11.5. The third-order valence-corrected chi connectivity index (χ3v) is 2.63. The molecule has 0 spiro atoms. The Morgan fingerprint density at radius 1 is 1.12 bits per heavy atom. The highest BCUT2D eigenvalue weighted by atomic mass is 15.2. The maximum atomic E-state index is 5.57. The van der Waals surface area contributed by atoms with E-state index in [9.17, 15) is 0 Å². The molecule has 0 fully saturated rings. The fraction of sp³-hybridized carbons (Fsp3) is 0.231. The Hall–Kier alpha value is -1.94. The van der Waals surface area contributed by atoms with E-state index in [0.717, 1.165) is 16.8 Å². The Morgan fingerprint density at radius 3 is 2.24 bits per heavy atom. The zero-order valence-corrected chi connectivity index (χ0v) is 10.1. The lowest BCUT2D eigenvalue weighted by molar-refractivity contribution is 1.02. The van der Waals surface area contributed by atoms with Crippen molar-refractivity contribution in [1.29, 1.82) is 0 Å². The third kappa shape index (κ3) is 2.60. The molecule has 1 heterocycles. The van der Waals surface area contributed by atoms with Gasteiger partial charge in [-0.15, -0.1) is 0 Å². The topological polar surface area (TPSA) is 55.0 Å². The van der Waals surface area contributed by atoms with Crippen LogP contribution in [0.25, 0.3) is 0 Å². The minimum absolute atomic E-state index is 0.561. The summed E-state index contributed by atoms with van der Waals surface area (Å²) < 4.78 is 0. The number of anilines is 2. The van der Waals surface area contributed by atoms with Crippen molar-refractivity contribution in [1.82, 2.24) is 9.97 Å². The molecule has 0 atom stereocenters. The van der Waals surface area contributed by atoms with E-state index in [-0.39, 0.29) is 0 Å². The number of aromatic nitrogens is 2. The second kappa shape index (κ2) is 4.93. The molecule has 0 saturated carbocycles. The molecule has 2 aromatic rings. The summed E-state index contributed by atoms with van der Waals surface area (Å²) in [5.41, 5.74) is 8.79. The van der Waals surface area contributed by atoms with Crippen molar-refractivity contribution in [3.8, 4) is 0 Å². The second-order valence-electron chi connectivity index (χ2n) is 3.99. The van der Waals surface area contributed by atoms with Crippen molar-refractivity contribution in [2.24, 2.45) is 5.73 Å². The molecule has 0 amide bonds. The molecule has 17 heavy (non-hydrogen) atoms.